The molecule has 0 heterocycles. The first-order valence-corrected chi connectivity index (χ1v) is 10.2. The standard InChI is InChI=1S/C23H31N5O2/c1-4-24-23(26-16-8-15-25-21(29)19-9-6-5-7-10-19)27-17-18-11-13-20(14-12-18)22(30)28(2)3/h5-7,9-14H,4,8,15-17H2,1-3H3,(H,25,29)(H2,24,26,27). The van der Waals surface area contributed by atoms with Crippen molar-refractivity contribution in [3.63, 3.8) is 0 Å². The normalized spacial score (nSPS) is 11.0. The maximum atomic E-state index is 12.0. The Kier molecular flexibility index (Phi) is 9.37. The van der Waals surface area contributed by atoms with Crippen LogP contribution >= 0.6 is 0 Å². The fraction of sp³-hybridized carbons (Fsp3) is 0.348. The van der Waals surface area contributed by atoms with Gasteiger partial charge in [0.25, 0.3) is 11.8 Å². The minimum atomic E-state index is -0.0626. The molecule has 30 heavy (non-hydrogen) atoms. The highest BCUT2D eigenvalue weighted by molar-refractivity contribution is 5.94. The summed E-state index contributed by atoms with van der Waals surface area (Å²) in [5.41, 5.74) is 2.35. The zero-order valence-corrected chi connectivity index (χ0v) is 17.9. The van der Waals surface area contributed by atoms with Crippen molar-refractivity contribution in [2.75, 3.05) is 33.7 Å². The SMILES string of the molecule is CCNC(=NCc1ccc(C(=O)N(C)C)cc1)NCCCNC(=O)c1ccccc1. The molecule has 0 aliphatic heterocycles. The van der Waals surface area contributed by atoms with Crippen molar-refractivity contribution in [1.82, 2.24) is 20.9 Å². The molecule has 0 radical (unpaired) electrons. The van der Waals surface area contributed by atoms with Gasteiger partial charge in [0.2, 0.25) is 0 Å². The number of hydrogen-bond acceptors (Lipinski definition) is 3. The lowest BCUT2D eigenvalue weighted by molar-refractivity contribution is 0.0827. The molecule has 2 aromatic rings. The predicted octanol–water partition coefficient (Wildman–Crippen LogP) is 2.26. The monoisotopic (exact) mass is 409 g/mol. The van der Waals surface area contributed by atoms with Gasteiger partial charge in [-0.2, -0.15) is 0 Å². The minimum absolute atomic E-state index is 0.0144. The molecule has 0 unspecified atom stereocenters. The molecule has 0 atom stereocenters. The second-order valence-corrected chi connectivity index (χ2v) is 6.99. The highest BCUT2D eigenvalue weighted by Crippen LogP contribution is 2.07. The number of nitrogens with one attached hydrogen (secondary N) is 3. The largest absolute Gasteiger partial charge is 0.357 e. The van der Waals surface area contributed by atoms with Crippen molar-refractivity contribution < 1.29 is 9.59 Å². The molecule has 0 spiro atoms. The first kappa shape index (κ1) is 22.9. The summed E-state index contributed by atoms with van der Waals surface area (Å²) in [6.07, 6.45) is 0.782. The van der Waals surface area contributed by atoms with Gasteiger partial charge in [0.15, 0.2) is 5.96 Å². The molecule has 7 heteroatoms. The number of rotatable bonds is 9. The Morgan fingerprint density at radius 2 is 1.53 bits per heavy atom. The fourth-order valence-electron chi connectivity index (χ4n) is 2.71. The number of guanidine groups is 1. The molecule has 3 N–H and O–H groups in total. The molecule has 2 rings (SSSR count). The van der Waals surface area contributed by atoms with Crippen LogP contribution in [0, 0.1) is 0 Å². The molecular formula is C23H31N5O2. The van der Waals surface area contributed by atoms with Crippen LogP contribution in [0.1, 0.15) is 39.6 Å². The minimum Gasteiger partial charge on any atom is -0.357 e. The van der Waals surface area contributed by atoms with Crippen LogP contribution < -0.4 is 16.0 Å². The lowest BCUT2D eigenvalue weighted by Crippen LogP contribution is -2.38. The van der Waals surface area contributed by atoms with Crippen LogP contribution in [-0.4, -0.2) is 56.4 Å². The maximum absolute atomic E-state index is 12.0. The highest BCUT2D eigenvalue weighted by atomic mass is 16.2. The van der Waals surface area contributed by atoms with Crippen molar-refractivity contribution in [1.29, 1.82) is 0 Å². The topological polar surface area (TPSA) is 85.8 Å². The van der Waals surface area contributed by atoms with E-state index in [0.29, 0.717) is 30.8 Å². The van der Waals surface area contributed by atoms with Gasteiger partial charge in [0.05, 0.1) is 6.54 Å². The number of hydrogen-bond donors (Lipinski definition) is 3. The highest BCUT2D eigenvalue weighted by Gasteiger charge is 2.07. The summed E-state index contributed by atoms with van der Waals surface area (Å²) in [4.78, 5) is 30.1. The van der Waals surface area contributed by atoms with Crippen LogP contribution in [-0.2, 0) is 6.54 Å². The number of aliphatic imine (C=N–C) groups is 1. The second kappa shape index (κ2) is 12.3. The first-order chi connectivity index (χ1) is 14.5. The molecule has 7 nitrogen and oxygen atoms in total. The number of nitrogens with zero attached hydrogens (tertiary/aromatic N) is 2. The van der Waals surface area contributed by atoms with Crippen LogP contribution in [0.4, 0.5) is 0 Å². The van der Waals surface area contributed by atoms with Crippen molar-refractivity contribution in [3.05, 3.63) is 71.3 Å². The third-order valence-electron chi connectivity index (χ3n) is 4.34. The van der Waals surface area contributed by atoms with Crippen molar-refractivity contribution in [3.8, 4) is 0 Å². The fourth-order valence-corrected chi connectivity index (χ4v) is 2.71. The Morgan fingerprint density at radius 1 is 0.867 bits per heavy atom. The first-order valence-electron chi connectivity index (χ1n) is 10.2. The van der Waals surface area contributed by atoms with Crippen LogP contribution in [0.3, 0.4) is 0 Å². The van der Waals surface area contributed by atoms with Gasteiger partial charge in [-0.15, -0.1) is 0 Å². The van der Waals surface area contributed by atoms with E-state index in [2.05, 4.69) is 20.9 Å². The van der Waals surface area contributed by atoms with Gasteiger partial charge in [-0.1, -0.05) is 30.3 Å². The van der Waals surface area contributed by atoms with Gasteiger partial charge in [-0.3, -0.25) is 9.59 Å². The summed E-state index contributed by atoms with van der Waals surface area (Å²) in [5.74, 6) is 0.645. The van der Waals surface area contributed by atoms with E-state index in [1.807, 2.05) is 49.4 Å². The van der Waals surface area contributed by atoms with Crippen molar-refractivity contribution in [2.24, 2.45) is 4.99 Å². The lowest BCUT2D eigenvalue weighted by Gasteiger charge is -2.12. The van der Waals surface area contributed by atoms with Gasteiger partial charge >= 0.3 is 0 Å². The van der Waals surface area contributed by atoms with Crippen molar-refractivity contribution in [2.45, 2.75) is 19.9 Å². The van der Waals surface area contributed by atoms with Crippen LogP contribution in [0.25, 0.3) is 0 Å². The van der Waals surface area contributed by atoms with Crippen LogP contribution in [0.2, 0.25) is 0 Å². The Morgan fingerprint density at radius 3 is 2.17 bits per heavy atom. The van der Waals surface area contributed by atoms with Gasteiger partial charge in [-0.25, -0.2) is 4.99 Å². The van der Waals surface area contributed by atoms with E-state index in [4.69, 9.17) is 0 Å². The molecule has 0 saturated carbocycles. The van der Waals surface area contributed by atoms with Gasteiger partial charge in [0.1, 0.15) is 0 Å². The number of amides is 2. The molecule has 0 fully saturated rings. The average Bonchev–Trinajstić information content (AvgIpc) is 2.77. The summed E-state index contributed by atoms with van der Waals surface area (Å²) in [7, 11) is 3.48. The second-order valence-electron chi connectivity index (χ2n) is 6.99. The molecule has 0 aliphatic rings. The number of carbonyl (C=O) groups excluding carboxylic acids is 2. The summed E-state index contributed by atoms with van der Waals surface area (Å²) in [6, 6.07) is 16.7. The summed E-state index contributed by atoms with van der Waals surface area (Å²) < 4.78 is 0. The van der Waals surface area contributed by atoms with Gasteiger partial charge in [0, 0.05) is 44.9 Å². The molecule has 0 bridgehead atoms. The van der Waals surface area contributed by atoms with Crippen LogP contribution in [0.5, 0.6) is 0 Å². The zero-order valence-electron chi connectivity index (χ0n) is 17.9. The van der Waals surface area contributed by atoms with E-state index in [0.717, 1.165) is 24.5 Å². The van der Waals surface area contributed by atoms with Gasteiger partial charge in [-0.05, 0) is 43.2 Å². The Labute approximate surface area is 178 Å². The Hall–Kier alpha value is -3.35. The lowest BCUT2D eigenvalue weighted by atomic mass is 10.1. The summed E-state index contributed by atoms with van der Waals surface area (Å²) in [6.45, 7) is 4.56. The molecule has 0 aliphatic carbocycles. The molecule has 0 saturated heterocycles. The van der Waals surface area contributed by atoms with E-state index in [1.165, 1.54) is 0 Å². The zero-order chi connectivity index (χ0) is 21.8. The molecular weight excluding hydrogens is 378 g/mol. The third-order valence-corrected chi connectivity index (χ3v) is 4.34. The van der Waals surface area contributed by atoms with Gasteiger partial charge < -0.3 is 20.9 Å². The molecule has 160 valence electrons. The van der Waals surface area contributed by atoms with Crippen molar-refractivity contribution >= 4 is 17.8 Å². The Bertz CT molecular complexity index is 832. The van der Waals surface area contributed by atoms with E-state index >= 15 is 0 Å². The average molecular weight is 410 g/mol. The van der Waals surface area contributed by atoms with Crippen LogP contribution in [0.15, 0.2) is 59.6 Å². The molecule has 2 amide bonds. The number of carbonyl (C=O) groups is 2. The predicted molar refractivity (Wildman–Crippen MR) is 121 cm³/mol. The molecule has 2 aromatic carbocycles. The van der Waals surface area contributed by atoms with E-state index in [-0.39, 0.29) is 11.8 Å². The van der Waals surface area contributed by atoms with E-state index < -0.39 is 0 Å². The smallest absolute Gasteiger partial charge is 0.253 e. The Balaban J connectivity index is 1.77. The third kappa shape index (κ3) is 7.58. The quantitative estimate of drug-likeness (QED) is 0.337. The van der Waals surface area contributed by atoms with E-state index in [9.17, 15) is 9.59 Å². The molecule has 0 aromatic heterocycles. The summed E-state index contributed by atoms with van der Waals surface area (Å²) >= 11 is 0. The number of benzene rings is 2. The summed E-state index contributed by atoms with van der Waals surface area (Å²) in [5, 5.41) is 9.40. The maximum Gasteiger partial charge on any atom is 0.253 e. The van der Waals surface area contributed by atoms with E-state index in [1.54, 1.807) is 31.1 Å².